The zero-order chi connectivity index (χ0) is 11.5. The summed E-state index contributed by atoms with van der Waals surface area (Å²) < 4.78 is 12.6. The van der Waals surface area contributed by atoms with E-state index in [9.17, 15) is 9.18 Å². The van der Waals surface area contributed by atoms with Crippen molar-refractivity contribution in [2.24, 2.45) is 0 Å². The minimum absolute atomic E-state index is 0.0348. The summed E-state index contributed by atoms with van der Waals surface area (Å²) in [5.41, 5.74) is 0.224. The highest BCUT2D eigenvalue weighted by molar-refractivity contribution is 5.92. The van der Waals surface area contributed by atoms with Crippen molar-refractivity contribution in [1.29, 1.82) is 0 Å². The van der Waals surface area contributed by atoms with Crippen LogP contribution in [-0.2, 0) is 0 Å². The summed E-state index contributed by atoms with van der Waals surface area (Å²) in [6, 6.07) is 2.45. The number of nitrogens with zero attached hydrogens (tertiary/aromatic N) is 2. The van der Waals surface area contributed by atoms with Gasteiger partial charge in [-0.25, -0.2) is 9.37 Å². The van der Waals surface area contributed by atoms with Crippen LogP contribution in [0.1, 0.15) is 23.3 Å². The minimum Gasteiger partial charge on any atom is -0.394 e. The summed E-state index contributed by atoms with van der Waals surface area (Å²) in [6.07, 6.45) is 2.72. The zero-order valence-electron chi connectivity index (χ0n) is 8.77. The van der Waals surface area contributed by atoms with Crippen LogP contribution in [0.15, 0.2) is 18.3 Å². The summed E-state index contributed by atoms with van der Waals surface area (Å²) >= 11 is 0. The Bertz CT molecular complexity index is 380. The van der Waals surface area contributed by atoms with Gasteiger partial charge in [-0.1, -0.05) is 0 Å². The molecule has 1 aromatic heterocycles. The Kier molecular flexibility index (Phi) is 3.14. The predicted octanol–water partition coefficient (Wildman–Crippen LogP) is 0.818. The number of aliphatic hydroxyl groups excluding tert-OH is 1. The van der Waals surface area contributed by atoms with E-state index in [4.69, 9.17) is 5.11 Å². The Balaban J connectivity index is 2.15. The molecule has 0 radical (unpaired) electrons. The van der Waals surface area contributed by atoms with Gasteiger partial charge in [0.1, 0.15) is 11.5 Å². The molecular formula is C11H13FN2O2. The Morgan fingerprint density at radius 1 is 1.62 bits per heavy atom. The lowest BCUT2D eigenvalue weighted by Crippen LogP contribution is -2.38. The van der Waals surface area contributed by atoms with E-state index < -0.39 is 5.82 Å². The molecule has 0 spiro atoms. The number of halogens is 1. The van der Waals surface area contributed by atoms with Gasteiger partial charge in [-0.2, -0.15) is 0 Å². The van der Waals surface area contributed by atoms with Crippen LogP contribution in [0.5, 0.6) is 0 Å². The van der Waals surface area contributed by atoms with Crippen molar-refractivity contribution in [2.75, 3.05) is 13.2 Å². The first kappa shape index (κ1) is 11.0. The lowest BCUT2D eigenvalue weighted by Gasteiger charge is -2.22. The molecule has 4 nitrogen and oxygen atoms in total. The number of amides is 1. The molecule has 1 aliphatic heterocycles. The number of carbonyl (C=O) groups excluding carboxylic acids is 1. The quantitative estimate of drug-likeness (QED) is 0.809. The van der Waals surface area contributed by atoms with Crippen molar-refractivity contribution >= 4 is 5.91 Å². The number of aromatic nitrogens is 1. The third-order valence-electron chi connectivity index (χ3n) is 2.80. The van der Waals surface area contributed by atoms with E-state index in [-0.39, 0.29) is 24.2 Å². The largest absolute Gasteiger partial charge is 0.394 e. The van der Waals surface area contributed by atoms with Gasteiger partial charge in [0.05, 0.1) is 18.8 Å². The summed E-state index contributed by atoms with van der Waals surface area (Å²) in [5.74, 6) is -0.701. The van der Waals surface area contributed by atoms with Gasteiger partial charge in [0, 0.05) is 6.54 Å². The highest BCUT2D eigenvalue weighted by atomic mass is 19.1. The second-order valence-corrected chi connectivity index (χ2v) is 3.84. The van der Waals surface area contributed by atoms with Crippen LogP contribution >= 0.6 is 0 Å². The van der Waals surface area contributed by atoms with Gasteiger partial charge in [-0.3, -0.25) is 4.79 Å². The van der Waals surface area contributed by atoms with Crippen LogP contribution < -0.4 is 0 Å². The second kappa shape index (κ2) is 4.57. The van der Waals surface area contributed by atoms with Gasteiger partial charge in [0.15, 0.2) is 0 Å². The topological polar surface area (TPSA) is 53.4 Å². The molecule has 0 bridgehead atoms. The fourth-order valence-electron chi connectivity index (χ4n) is 1.94. The molecule has 1 aliphatic rings. The lowest BCUT2D eigenvalue weighted by atomic mass is 10.2. The number of pyridine rings is 1. The summed E-state index contributed by atoms with van der Waals surface area (Å²) in [4.78, 5) is 17.3. The molecule has 1 fully saturated rings. The number of carbonyl (C=O) groups is 1. The summed E-state index contributed by atoms with van der Waals surface area (Å²) in [6.45, 7) is 0.593. The number of rotatable bonds is 2. The van der Waals surface area contributed by atoms with Crippen molar-refractivity contribution in [1.82, 2.24) is 9.88 Å². The fraction of sp³-hybridized carbons (Fsp3) is 0.455. The molecule has 1 atom stereocenters. The van der Waals surface area contributed by atoms with Gasteiger partial charge in [0.2, 0.25) is 0 Å². The maximum absolute atomic E-state index is 12.6. The first-order chi connectivity index (χ1) is 7.72. The van der Waals surface area contributed by atoms with Crippen LogP contribution in [0.2, 0.25) is 0 Å². The van der Waals surface area contributed by atoms with Crippen molar-refractivity contribution in [3.63, 3.8) is 0 Å². The van der Waals surface area contributed by atoms with E-state index in [1.54, 1.807) is 4.90 Å². The molecule has 2 heterocycles. The molecule has 1 N–H and O–H groups in total. The standard InChI is InChI=1S/C11H13FN2O2/c12-8-3-4-10(13-6-8)11(16)14-5-1-2-9(14)7-15/h3-4,6,9,15H,1-2,5,7H2. The minimum atomic E-state index is -0.461. The monoisotopic (exact) mass is 224 g/mol. The molecule has 2 rings (SSSR count). The Labute approximate surface area is 92.7 Å². The maximum atomic E-state index is 12.6. The molecule has 5 heteroatoms. The Morgan fingerprint density at radius 3 is 3.06 bits per heavy atom. The average Bonchev–Trinajstić information content (AvgIpc) is 2.77. The first-order valence-corrected chi connectivity index (χ1v) is 5.26. The van der Waals surface area contributed by atoms with E-state index >= 15 is 0 Å². The molecular weight excluding hydrogens is 211 g/mol. The van der Waals surface area contributed by atoms with Crippen molar-refractivity contribution < 1.29 is 14.3 Å². The predicted molar refractivity (Wildman–Crippen MR) is 55.3 cm³/mol. The van der Waals surface area contributed by atoms with Crippen molar-refractivity contribution in [3.8, 4) is 0 Å². The Morgan fingerprint density at radius 2 is 2.44 bits per heavy atom. The van der Waals surface area contributed by atoms with E-state index in [0.717, 1.165) is 19.0 Å². The average molecular weight is 224 g/mol. The van der Waals surface area contributed by atoms with Crippen LogP contribution in [0.4, 0.5) is 4.39 Å². The zero-order valence-corrected chi connectivity index (χ0v) is 8.77. The molecule has 0 saturated carbocycles. The number of hydrogen-bond acceptors (Lipinski definition) is 3. The fourth-order valence-corrected chi connectivity index (χ4v) is 1.94. The number of likely N-dealkylation sites (tertiary alicyclic amines) is 1. The molecule has 1 saturated heterocycles. The first-order valence-electron chi connectivity index (χ1n) is 5.26. The molecule has 1 unspecified atom stereocenters. The molecule has 0 aliphatic carbocycles. The molecule has 1 amide bonds. The second-order valence-electron chi connectivity index (χ2n) is 3.84. The lowest BCUT2D eigenvalue weighted by molar-refractivity contribution is 0.0671. The van der Waals surface area contributed by atoms with Crippen LogP contribution in [0, 0.1) is 5.82 Å². The third-order valence-corrected chi connectivity index (χ3v) is 2.80. The smallest absolute Gasteiger partial charge is 0.272 e. The Hall–Kier alpha value is -1.49. The SMILES string of the molecule is O=C(c1ccc(F)cn1)N1CCCC1CO. The molecule has 86 valence electrons. The van der Waals surface area contributed by atoms with E-state index in [1.165, 1.54) is 12.1 Å². The number of hydrogen-bond donors (Lipinski definition) is 1. The summed E-state index contributed by atoms with van der Waals surface area (Å²) in [7, 11) is 0. The van der Waals surface area contributed by atoms with E-state index in [2.05, 4.69) is 4.98 Å². The molecule has 0 aromatic carbocycles. The molecule has 16 heavy (non-hydrogen) atoms. The normalized spacial score (nSPS) is 20.1. The van der Waals surface area contributed by atoms with Gasteiger partial charge < -0.3 is 10.0 Å². The van der Waals surface area contributed by atoms with Gasteiger partial charge in [-0.15, -0.1) is 0 Å². The van der Waals surface area contributed by atoms with Gasteiger partial charge >= 0.3 is 0 Å². The van der Waals surface area contributed by atoms with E-state index in [0.29, 0.717) is 6.54 Å². The summed E-state index contributed by atoms with van der Waals surface area (Å²) in [5, 5.41) is 9.10. The van der Waals surface area contributed by atoms with E-state index in [1.807, 2.05) is 0 Å². The molecule has 1 aromatic rings. The van der Waals surface area contributed by atoms with Crippen LogP contribution in [-0.4, -0.2) is 40.1 Å². The highest BCUT2D eigenvalue weighted by Gasteiger charge is 2.29. The van der Waals surface area contributed by atoms with Crippen LogP contribution in [0.3, 0.4) is 0 Å². The van der Waals surface area contributed by atoms with Crippen molar-refractivity contribution in [3.05, 3.63) is 29.8 Å². The van der Waals surface area contributed by atoms with Crippen molar-refractivity contribution in [2.45, 2.75) is 18.9 Å². The van der Waals surface area contributed by atoms with Gasteiger partial charge in [0.25, 0.3) is 5.91 Å². The maximum Gasteiger partial charge on any atom is 0.272 e. The van der Waals surface area contributed by atoms with Crippen LogP contribution in [0.25, 0.3) is 0 Å². The highest BCUT2D eigenvalue weighted by Crippen LogP contribution is 2.18. The third kappa shape index (κ3) is 2.04. The van der Waals surface area contributed by atoms with Gasteiger partial charge in [-0.05, 0) is 25.0 Å². The number of aliphatic hydroxyl groups is 1.